The standard InChI is InChI=1S/C14H13BrN2O2/c1-19-14(18)11-4-2-10(3-5-11)8-16-12-6-7-13(15)17-9-12/h2-7,9,16H,8H2,1H3. The number of rotatable bonds is 4. The molecule has 0 aliphatic heterocycles. The highest BCUT2D eigenvalue weighted by molar-refractivity contribution is 9.10. The Kier molecular flexibility index (Phi) is 4.52. The molecule has 0 fully saturated rings. The van der Waals surface area contributed by atoms with Crippen LogP contribution in [0.2, 0.25) is 0 Å². The fourth-order valence-electron chi connectivity index (χ4n) is 1.56. The molecule has 5 heteroatoms. The molecule has 0 atom stereocenters. The number of halogens is 1. The minimum atomic E-state index is -0.323. The van der Waals surface area contributed by atoms with E-state index in [9.17, 15) is 4.79 Å². The van der Waals surface area contributed by atoms with E-state index in [4.69, 9.17) is 0 Å². The lowest BCUT2D eigenvalue weighted by atomic mass is 10.1. The van der Waals surface area contributed by atoms with Crippen LogP contribution in [-0.2, 0) is 11.3 Å². The third kappa shape index (κ3) is 3.79. The SMILES string of the molecule is COC(=O)c1ccc(CNc2ccc(Br)nc2)cc1. The number of methoxy groups -OCH3 is 1. The van der Waals surface area contributed by atoms with Crippen LogP contribution >= 0.6 is 15.9 Å². The maximum absolute atomic E-state index is 11.3. The number of anilines is 1. The Balaban J connectivity index is 1.96. The summed E-state index contributed by atoms with van der Waals surface area (Å²) in [5, 5.41) is 3.25. The Hall–Kier alpha value is -1.88. The first-order chi connectivity index (χ1) is 9.19. The summed E-state index contributed by atoms with van der Waals surface area (Å²) in [7, 11) is 1.37. The molecule has 0 aliphatic rings. The van der Waals surface area contributed by atoms with Gasteiger partial charge in [-0.1, -0.05) is 12.1 Å². The maximum atomic E-state index is 11.3. The quantitative estimate of drug-likeness (QED) is 0.694. The summed E-state index contributed by atoms with van der Waals surface area (Å²) in [6.45, 7) is 0.671. The second kappa shape index (κ2) is 6.33. The minimum Gasteiger partial charge on any atom is -0.465 e. The number of carbonyl (C=O) groups excluding carboxylic acids is 1. The molecule has 0 saturated carbocycles. The van der Waals surface area contributed by atoms with Crippen LogP contribution < -0.4 is 5.32 Å². The molecule has 1 heterocycles. The van der Waals surface area contributed by atoms with Gasteiger partial charge in [-0.05, 0) is 45.8 Å². The second-order valence-corrected chi connectivity index (χ2v) is 4.72. The molecule has 0 bridgehead atoms. The van der Waals surface area contributed by atoms with Gasteiger partial charge in [0.25, 0.3) is 0 Å². The lowest BCUT2D eigenvalue weighted by Gasteiger charge is -2.06. The monoisotopic (exact) mass is 320 g/mol. The highest BCUT2D eigenvalue weighted by atomic mass is 79.9. The number of hydrogen-bond acceptors (Lipinski definition) is 4. The number of benzene rings is 1. The first kappa shape index (κ1) is 13.5. The summed E-state index contributed by atoms with van der Waals surface area (Å²) in [5.74, 6) is -0.323. The average Bonchev–Trinajstić information content (AvgIpc) is 2.46. The Morgan fingerprint density at radius 3 is 2.58 bits per heavy atom. The smallest absolute Gasteiger partial charge is 0.337 e. The number of esters is 1. The highest BCUT2D eigenvalue weighted by Crippen LogP contribution is 2.12. The van der Waals surface area contributed by atoms with Gasteiger partial charge in [0.05, 0.1) is 24.6 Å². The van der Waals surface area contributed by atoms with Crippen LogP contribution in [-0.4, -0.2) is 18.1 Å². The van der Waals surface area contributed by atoms with E-state index in [1.165, 1.54) is 7.11 Å². The first-order valence-electron chi connectivity index (χ1n) is 5.72. The molecule has 0 spiro atoms. The molecule has 2 aromatic rings. The zero-order chi connectivity index (χ0) is 13.7. The zero-order valence-electron chi connectivity index (χ0n) is 10.4. The number of ether oxygens (including phenoxy) is 1. The van der Waals surface area contributed by atoms with Gasteiger partial charge in [0.15, 0.2) is 0 Å². The van der Waals surface area contributed by atoms with Gasteiger partial charge >= 0.3 is 5.97 Å². The van der Waals surface area contributed by atoms with Gasteiger partial charge in [0.1, 0.15) is 4.60 Å². The van der Waals surface area contributed by atoms with Crippen LogP contribution in [0, 0.1) is 0 Å². The Morgan fingerprint density at radius 2 is 2.00 bits per heavy atom. The van der Waals surface area contributed by atoms with E-state index in [0.717, 1.165) is 15.9 Å². The molecule has 1 aromatic carbocycles. The van der Waals surface area contributed by atoms with Gasteiger partial charge in [0, 0.05) is 6.54 Å². The van der Waals surface area contributed by atoms with Crippen LogP contribution in [0.5, 0.6) is 0 Å². The van der Waals surface area contributed by atoms with Gasteiger partial charge < -0.3 is 10.1 Å². The number of aromatic nitrogens is 1. The molecular formula is C14H13BrN2O2. The molecule has 0 unspecified atom stereocenters. The molecule has 2 rings (SSSR count). The molecule has 0 aliphatic carbocycles. The van der Waals surface area contributed by atoms with Crippen LogP contribution in [0.15, 0.2) is 47.2 Å². The van der Waals surface area contributed by atoms with E-state index in [1.807, 2.05) is 24.3 Å². The molecular weight excluding hydrogens is 308 g/mol. The molecule has 19 heavy (non-hydrogen) atoms. The first-order valence-corrected chi connectivity index (χ1v) is 6.51. The van der Waals surface area contributed by atoms with Crippen LogP contribution in [0.1, 0.15) is 15.9 Å². The summed E-state index contributed by atoms with van der Waals surface area (Å²) < 4.78 is 5.46. The Morgan fingerprint density at radius 1 is 1.26 bits per heavy atom. The van der Waals surface area contributed by atoms with Gasteiger partial charge in [-0.15, -0.1) is 0 Å². The molecule has 0 amide bonds. The van der Waals surface area contributed by atoms with Crippen LogP contribution in [0.4, 0.5) is 5.69 Å². The minimum absolute atomic E-state index is 0.323. The highest BCUT2D eigenvalue weighted by Gasteiger charge is 2.04. The second-order valence-electron chi connectivity index (χ2n) is 3.91. The molecule has 1 N–H and O–H groups in total. The number of nitrogens with one attached hydrogen (secondary N) is 1. The average molecular weight is 321 g/mol. The van der Waals surface area contributed by atoms with E-state index < -0.39 is 0 Å². The van der Waals surface area contributed by atoms with E-state index in [-0.39, 0.29) is 5.97 Å². The van der Waals surface area contributed by atoms with Crippen LogP contribution in [0.3, 0.4) is 0 Å². The van der Waals surface area contributed by atoms with E-state index in [1.54, 1.807) is 18.3 Å². The summed E-state index contributed by atoms with van der Waals surface area (Å²) in [6.07, 6.45) is 1.76. The Bertz CT molecular complexity index is 553. The normalized spacial score (nSPS) is 10.0. The Labute approximate surface area is 119 Å². The van der Waals surface area contributed by atoms with Crippen molar-refractivity contribution in [1.82, 2.24) is 4.98 Å². The number of nitrogens with zero attached hydrogens (tertiary/aromatic N) is 1. The van der Waals surface area contributed by atoms with Crippen LogP contribution in [0.25, 0.3) is 0 Å². The maximum Gasteiger partial charge on any atom is 0.337 e. The third-order valence-electron chi connectivity index (χ3n) is 2.60. The third-order valence-corrected chi connectivity index (χ3v) is 3.07. The van der Waals surface area contributed by atoms with Crippen molar-refractivity contribution in [2.24, 2.45) is 0 Å². The molecule has 0 saturated heterocycles. The molecule has 4 nitrogen and oxygen atoms in total. The van der Waals surface area contributed by atoms with Crippen molar-refractivity contribution >= 4 is 27.6 Å². The fraction of sp³-hybridized carbons (Fsp3) is 0.143. The number of pyridine rings is 1. The van der Waals surface area contributed by atoms with E-state index in [0.29, 0.717) is 12.1 Å². The van der Waals surface area contributed by atoms with Crippen molar-refractivity contribution < 1.29 is 9.53 Å². The van der Waals surface area contributed by atoms with Crippen molar-refractivity contribution in [3.8, 4) is 0 Å². The van der Waals surface area contributed by atoms with Gasteiger partial charge in [0.2, 0.25) is 0 Å². The summed E-state index contributed by atoms with van der Waals surface area (Å²) in [6, 6.07) is 11.1. The number of carbonyl (C=O) groups is 1. The number of hydrogen-bond donors (Lipinski definition) is 1. The fourth-order valence-corrected chi connectivity index (χ4v) is 1.80. The van der Waals surface area contributed by atoms with Crippen molar-refractivity contribution in [2.45, 2.75) is 6.54 Å². The lowest BCUT2D eigenvalue weighted by molar-refractivity contribution is 0.0600. The predicted octanol–water partition coefficient (Wildman–Crippen LogP) is 3.24. The molecule has 0 radical (unpaired) electrons. The van der Waals surface area contributed by atoms with Gasteiger partial charge in [-0.25, -0.2) is 9.78 Å². The topological polar surface area (TPSA) is 51.2 Å². The van der Waals surface area contributed by atoms with E-state index >= 15 is 0 Å². The van der Waals surface area contributed by atoms with Crippen molar-refractivity contribution in [3.63, 3.8) is 0 Å². The molecule has 98 valence electrons. The summed E-state index contributed by atoms with van der Waals surface area (Å²) >= 11 is 3.29. The summed E-state index contributed by atoms with van der Waals surface area (Å²) in [5.41, 5.74) is 2.58. The van der Waals surface area contributed by atoms with Crippen molar-refractivity contribution in [3.05, 3.63) is 58.3 Å². The van der Waals surface area contributed by atoms with Crippen molar-refractivity contribution in [2.75, 3.05) is 12.4 Å². The van der Waals surface area contributed by atoms with Gasteiger partial charge in [-0.2, -0.15) is 0 Å². The lowest BCUT2D eigenvalue weighted by Crippen LogP contribution is -2.03. The van der Waals surface area contributed by atoms with Crippen molar-refractivity contribution in [1.29, 1.82) is 0 Å². The summed E-state index contributed by atoms with van der Waals surface area (Å²) in [4.78, 5) is 15.4. The largest absolute Gasteiger partial charge is 0.465 e. The molecule has 1 aromatic heterocycles. The van der Waals surface area contributed by atoms with E-state index in [2.05, 4.69) is 31.0 Å². The van der Waals surface area contributed by atoms with Gasteiger partial charge in [-0.3, -0.25) is 0 Å². The zero-order valence-corrected chi connectivity index (χ0v) is 12.0. The predicted molar refractivity (Wildman–Crippen MR) is 77.0 cm³/mol.